The van der Waals surface area contributed by atoms with Crippen molar-refractivity contribution in [1.82, 2.24) is 10.0 Å². The van der Waals surface area contributed by atoms with Crippen LogP contribution in [0.5, 0.6) is 0 Å². The molecule has 26 heavy (non-hydrogen) atoms. The van der Waals surface area contributed by atoms with Gasteiger partial charge in [-0.05, 0) is 42.3 Å². The van der Waals surface area contributed by atoms with E-state index in [4.69, 9.17) is 11.6 Å². The van der Waals surface area contributed by atoms with Gasteiger partial charge < -0.3 is 10.4 Å². The Morgan fingerprint density at radius 1 is 1.23 bits per heavy atom. The molecule has 1 amide bonds. The SMILES string of the molecule is CCNS(=O)(=O)c1ccc(C)c(C(=O)NC[C@H](O)c2cccc(Cl)c2)c1. The van der Waals surface area contributed by atoms with Crippen LogP contribution in [0.4, 0.5) is 0 Å². The third kappa shape index (κ3) is 5.04. The average Bonchev–Trinajstić information content (AvgIpc) is 2.59. The normalized spacial score (nSPS) is 12.6. The van der Waals surface area contributed by atoms with Gasteiger partial charge >= 0.3 is 0 Å². The average molecular weight is 397 g/mol. The number of aliphatic hydroxyl groups excluding tert-OH is 1. The molecule has 0 fully saturated rings. The maximum Gasteiger partial charge on any atom is 0.251 e. The lowest BCUT2D eigenvalue weighted by atomic mass is 10.1. The molecule has 0 bridgehead atoms. The van der Waals surface area contributed by atoms with Crippen molar-refractivity contribution in [2.24, 2.45) is 0 Å². The zero-order valence-corrected chi connectivity index (χ0v) is 16.1. The molecule has 0 radical (unpaired) electrons. The van der Waals surface area contributed by atoms with E-state index in [-0.39, 0.29) is 23.5 Å². The molecule has 6 nitrogen and oxygen atoms in total. The summed E-state index contributed by atoms with van der Waals surface area (Å²) in [6.45, 7) is 3.62. The number of aliphatic hydroxyl groups is 1. The third-order valence-electron chi connectivity index (χ3n) is 3.79. The molecule has 2 aromatic carbocycles. The summed E-state index contributed by atoms with van der Waals surface area (Å²) in [6.07, 6.45) is -0.924. The third-order valence-corrected chi connectivity index (χ3v) is 5.57. The van der Waals surface area contributed by atoms with Crippen LogP contribution in [0.15, 0.2) is 47.4 Å². The van der Waals surface area contributed by atoms with E-state index in [9.17, 15) is 18.3 Å². The number of halogens is 1. The predicted molar refractivity (Wildman–Crippen MR) is 101 cm³/mol. The fraction of sp³-hybridized carbons (Fsp3) is 0.278. The predicted octanol–water partition coefficient (Wildman–Crippen LogP) is 2.41. The van der Waals surface area contributed by atoms with E-state index in [0.29, 0.717) is 16.1 Å². The lowest BCUT2D eigenvalue weighted by Gasteiger charge is -2.14. The number of rotatable bonds is 7. The molecule has 0 unspecified atom stereocenters. The summed E-state index contributed by atoms with van der Waals surface area (Å²) >= 11 is 5.89. The number of hydrogen-bond acceptors (Lipinski definition) is 4. The maximum absolute atomic E-state index is 12.4. The Morgan fingerprint density at radius 2 is 1.96 bits per heavy atom. The van der Waals surface area contributed by atoms with Crippen LogP contribution >= 0.6 is 11.6 Å². The van der Waals surface area contributed by atoms with Crippen molar-refractivity contribution in [1.29, 1.82) is 0 Å². The van der Waals surface area contributed by atoms with Crippen LogP contribution in [0.25, 0.3) is 0 Å². The van der Waals surface area contributed by atoms with Gasteiger partial charge in [0.15, 0.2) is 0 Å². The van der Waals surface area contributed by atoms with Crippen molar-refractivity contribution in [3.8, 4) is 0 Å². The van der Waals surface area contributed by atoms with E-state index >= 15 is 0 Å². The summed E-state index contributed by atoms with van der Waals surface area (Å²) in [5, 5.41) is 13.3. The van der Waals surface area contributed by atoms with Crippen molar-refractivity contribution in [3.63, 3.8) is 0 Å². The first-order valence-electron chi connectivity index (χ1n) is 8.06. The highest BCUT2D eigenvalue weighted by Crippen LogP contribution is 2.18. The second-order valence-electron chi connectivity index (χ2n) is 5.76. The largest absolute Gasteiger partial charge is 0.387 e. The maximum atomic E-state index is 12.4. The zero-order valence-electron chi connectivity index (χ0n) is 14.5. The fourth-order valence-electron chi connectivity index (χ4n) is 2.40. The van der Waals surface area contributed by atoms with Gasteiger partial charge in [-0.2, -0.15) is 0 Å². The van der Waals surface area contributed by atoms with E-state index in [0.717, 1.165) is 0 Å². The molecule has 0 saturated heterocycles. The van der Waals surface area contributed by atoms with Gasteiger partial charge in [0.25, 0.3) is 5.91 Å². The first kappa shape index (κ1) is 20.4. The standard InChI is InChI=1S/C18H21ClN2O4S/c1-3-21-26(24,25)15-8-7-12(2)16(10-15)18(23)20-11-17(22)13-5-4-6-14(19)9-13/h4-10,17,21-22H,3,11H2,1-2H3,(H,20,23)/t17-/m0/s1. The molecule has 2 aromatic rings. The van der Waals surface area contributed by atoms with Gasteiger partial charge in [0, 0.05) is 23.7 Å². The quantitative estimate of drug-likeness (QED) is 0.669. The molecule has 0 spiro atoms. The summed E-state index contributed by atoms with van der Waals surface area (Å²) in [5.41, 5.74) is 1.45. The van der Waals surface area contributed by atoms with Gasteiger partial charge in [-0.3, -0.25) is 4.79 Å². The van der Waals surface area contributed by atoms with Crippen LogP contribution in [-0.2, 0) is 10.0 Å². The van der Waals surface area contributed by atoms with Gasteiger partial charge in [0.1, 0.15) is 0 Å². The number of aryl methyl sites for hydroxylation is 1. The number of benzene rings is 2. The van der Waals surface area contributed by atoms with Crippen molar-refractivity contribution < 1.29 is 18.3 Å². The summed E-state index contributed by atoms with van der Waals surface area (Å²) in [6, 6.07) is 11.1. The molecule has 3 N–H and O–H groups in total. The first-order chi connectivity index (χ1) is 12.2. The summed E-state index contributed by atoms with van der Waals surface area (Å²) in [7, 11) is -3.66. The van der Waals surface area contributed by atoms with Crippen LogP contribution < -0.4 is 10.0 Å². The molecule has 0 aliphatic rings. The number of hydrogen-bond donors (Lipinski definition) is 3. The van der Waals surface area contributed by atoms with Gasteiger partial charge in [-0.1, -0.05) is 36.7 Å². The second kappa shape index (κ2) is 8.64. The minimum atomic E-state index is -3.66. The van der Waals surface area contributed by atoms with E-state index < -0.39 is 22.0 Å². The number of amides is 1. The van der Waals surface area contributed by atoms with Crippen LogP contribution in [0.3, 0.4) is 0 Å². The molecule has 0 aliphatic carbocycles. The molecular weight excluding hydrogens is 376 g/mol. The molecule has 0 aromatic heterocycles. The Bertz CT molecular complexity index is 900. The van der Waals surface area contributed by atoms with Crippen LogP contribution in [0.2, 0.25) is 5.02 Å². The monoisotopic (exact) mass is 396 g/mol. The van der Waals surface area contributed by atoms with Gasteiger partial charge in [-0.25, -0.2) is 13.1 Å². The van der Waals surface area contributed by atoms with Crippen molar-refractivity contribution in [2.45, 2.75) is 24.8 Å². The van der Waals surface area contributed by atoms with E-state index in [1.807, 2.05) is 0 Å². The van der Waals surface area contributed by atoms with Gasteiger partial charge in [-0.15, -0.1) is 0 Å². The van der Waals surface area contributed by atoms with Gasteiger partial charge in [0.05, 0.1) is 11.0 Å². The van der Waals surface area contributed by atoms with Gasteiger partial charge in [0.2, 0.25) is 10.0 Å². The van der Waals surface area contributed by atoms with Crippen molar-refractivity contribution in [2.75, 3.05) is 13.1 Å². The number of nitrogens with one attached hydrogen (secondary N) is 2. The minimum Gasteiger partial charge on any atom is -0.387 e. The Balaban J connectivity index is 2.14. The molecule has 2 rings (SSSR count). The van der Waals surface area contributed by atoms with E-state index in [2.05, 4.69) is 10.0 Å². The lowest BCUT2D eigenvalue weighted by Crippen LogP contribution is -2.29. The molecule has 0 saturated carbocycles. The molecular formula is C18H21ClN2O4S. The molecule has 140 valence electrons. The second-order valence-corrected chi connectivity index (χ2v) is 7.96. The van der Waals surface area contributed by atoms with Crippen LogP contribution in [0.1, 0.15) is 34.5 Å². The first-order valence-corrected chi connectivity index (χ1v) is 9.92. The summed E-state index contributed by atoms with van der Waals surface area (Å²) in [5.74, 6) is -0.461. The number of carbonyl (C=O) groups excluding carboxylic acids is 1. The minimum absolute atomic E-state index is 0.0190. The van der Waals surface area contributed by atoms with Crippen LogP contribution in [-0.4, -0.2) is 32.5 Å². The molecule has 0 aliphatic heterocycles. The number of carbonyl (C=O) groups is 1. The zero-order chi connectivity index (χ0) is 19.3. The Kier molecular flexibility index (Phi) is 6.77. The molecule has 8 heteroatoms. The topological polar surface area (TPSA) is 95.5 Å². The summed E-state index contributed by atoms with van der Waals surface area (Å²) < 4.78 is 26.6. The number of sulfonamides is 1. The Hall–Kier alpha value is -1.93. The highest BCUT2D eigenvalue weighted by molar-refractivity contribution is 7.89. The van der Waals surface area contributed by atoms with E-state index in [1.165, 1.54) is 12.1 Å². The van der Waals surface area contributed by atoms with Crippen LogP contribution in [0, 0.1) is 6.92 Å². The van der Waals surface area contributed by atoms with Crippen molar-refractivity contribution in [3.05, 3.63) is 64.2 Å². The highest BCUT2D eigenvalue weighted by Gasteiger charge is 2.18. The lowest BCUT2D eigenvalue weighted by molar-refractivity contribution is 0.0915. The highest BCUT2D eigenvalue weighted by atomic mass is 35.5. The fourth-order valence-corrected chi connectivity index (χ4v) is 3.67. The van der Waals surface area contributed by atoms with E-state index in [1.54, 1.807) is 44.2 Å². The summed E-state index contributed by atoms with van der Waals surface area (Å²) in [4.78, 5) is 12.5. The Morgan fingerprint density at radius 3 is 2.62 bits per heavy atom. The Labute approximate surface area is 158 Å². The molecule has 1 atom stereocenters. The molecule has 0 heterocycles. The van der Waals surface area contributed by atoms with Crippen molar-refractivity contribution >= 4 is 27.5 Å². The smallest absolute Gasteiger partial charge is 0.251 e.